The van der Waals surface area contributed by atoms with E-state index in [1.54, 1.807) is 105 Å². The van der Waals surface area contributed by atoms with Gasteiger partial charge in [0.05, 0.1) is 50.2 Å². The quantitative estimate of drug-likeness (QED) is 0.0194. The van der Waals surface area contributed by atoms with E-state index in [0.29, 0.717) is 69.9 Å². The second-order valence-electron chi connectivity index (χ2n) is 34.3. The van der Waals surface area contributed by atoms with Crippen LogP contribution in [-0.2, 0) is 107 Å². The number of nitrogens with zero attached hydrogens (tertiary/aromatic N) is 6. The molecule has 40 nitrogen and oxygen atoms in total. The Hall–Kier alpha value is -13.1. The third-order valence-corrected chi connectivity index (χ3v) is 24.8. The zero-order chi connectivity index (χ0) is 96.6. The molecule has 0 aliphatic carbocycles. The number of aromatic nitrogens is 4. The Balaban J connectivity index is 1.18. The third kappa shape index (κ3) is 30.2. The number of primary amides is 2. The normalized spacial score (nSPS) is 23.6. The number of benzene rings is 3. The molecule has 5 heterocycles. The van der Waals surface area contributed by atoms with E-state index < -0.39 is 229 Å². The highest BCUT2D eigenvalue weighted by Gasteiger charge is 2.44. The van der Waals surface area contributed by atoms with Crippen LogP contribution in [0.15, 0.2) is 104 Å². The van der Waals surface area contributed by atoms with Crippen LogP contribution in [0.2, 0.25) is 0 Å². The lowest BCUT2D eigenvalue weighted by Gasteiger charge is -2.36. The number of Topliss-reactive ketones (excluding diaryl/α,β-unsaturated/α-hetero) is 2. The van der Waals surface area contributed by atoms with Crippen LogP contribution >= 0.6 is 11.8 Å². The molecule has 13 atom stereocenters. The van der Waals surface area contributed by atoms with Gasteiger partial charge in [-0.2, -0.15) is 11.8 Å². The molecular weight excluding hydrogens is 1720 g/mol. The first-order valence-electron chi connectivity index (χ1n) is 44.7. The lowest BCUT2D eigenvalue weighted by Crippen LogP contribution is -2.60. The number of nitrogens with one attached hydrogen (secondary N) is 13. The summed E-state index contributed by atoms with van der Waals surface area (Å²) in [5, 5.41) is 44.5. The predicted molar refractivity (Wildman–Crippen MR) is 492 cm³/mol. The lowest BCUT2D eigenvalue weighted by atomic mass is 9.92. The number of hydrogen-bond acceptors (Lipinski definition) is 21. The fourth-order valence-electron chi connectivity index (χ4n) is 16.3. The summed E-state index contributed by atoms with van der Waals surface area (Å²) in [5.74, 6) is -18.6. The predicted octanol–water partition coefficient (Wildman–Crippen LogP) is 0.0434. The maximum Gasteiger partial charge on any atom is 0.246 e. The topological polar surface area (TPSA) is 597 Å². The molecular formula is C91H128N22O18S. The molecule has 15 amide bonds. The first-order valence-corrected chi connectivity index (χ1v) is 45.8. The minimum Gasteiger partial charge on any atom is -0.394 e. The van der Waals surface area contributed by atoms with Gasteiger partial charge in [-0.25, -0.2) is 4.98 Å². The molecule has 6 aromatic rings. The van der Waals surface area contributed by atoms with E-state index in [4.69, 9.17) is 22.6 Å². The molecule has 716 valence electrons. The summed E-state index contributed by atoms with van der Waals surface area (Å²) in [6.45, 7) is 6.21. The smallest absolute Gasteiger partial charge is 0.246 e. The molecule has 2 aliphatic rings. The number of H-pyrrole nitrogens is 3. The van der Waals surface area contributed by atoms with Crippen molar-refractivity contribution in [3.8, 4) is 0 Å². The average Bonchev–Trinajstić information content (AvgIpc) is 1.48. The van der Waals surface area contributed by atoms with Gasteiger partial charge in [-0.1, -0.05) is 120 Å². The number of hydrogen-bond donors (Lipinski definition) is 17. The highest BCUT2D eigenvalue weighted by molar-refractivity contribution is 7.99. The largest absolute Gasteiger partial charge is 0.394 e. The van der Waals surface area contributed by atoms with Crippen LogP contribution < -0.4 is 65.1 Å². The van der Waals surface area contributed by atoms with Crippen molar-refractivity contribution >= 4 is 140 Å². The molecule has 3 aromatic heterocycles. The van der Waals surface area contributed by atoms with Crippen LogP contribution in [0.4, 0.5) is 0 Å². The van der Waals surface area contributed by atoms with Gasteiger partial charge in [-0.15, -0.1) is 0 Å². The highest BCUT2D eigenvalue weighted by Crippen LogP contribution is 2.28. The number of rotatable bonds is 26. The van der Waals surface area contributed by atoms with Gasteiger partial charge in [0.15, 0.2) is 17.5 Å². The fourth-order valence-corrected chi connectivity index (χ4v) is 17.2. The first kappa shape index (κ1) is 104. The van der Waals surface area contributed by atoms with Gasteiger partial charge in [-0.05, 0) is 93.0 Å². The summed E-state index contributed by atoms with van der Waals surface area (Å²) in [7, 11) is 5.34. The van der Waals surface area contributed by atoms with Crippen LogP contribution in [0.3, 0.4) is 0 Å². The number of guanidine groups is 1. The molecule has 0 saturated carbocycles. The number of thioether (sulfide) groups is 1. The number of para-hydroxylation sites is 2. The van der Waals surface area contributed by atoms with Crippen molar-refractivity contribution in [3.63, 3.8) is 0 Å². The molecule has 3 aromatic carbocycles. The molecule has 132 heavy (non-hydrogen) atoms. The zero-order valence-electron chi connectivity index (χ0n) is 76.3. The fraction of sp³-hybridized carbons (Fsp3) is 0.527. The second-order valence-corrected chi connectivity index (χ2v) is 35.3. The van der Waals surface area contributed by atoms with Gasteiger partial charge in [0.25, 0.3) is 0 Å². The number of imidazole rings is 1. The summed E-state index contributed by atoms with van der Waals surface area (Å²) in [6.07, 6.45) is 5.30. The molecule has 0 spiro atoms. The zero-order valence-corrected chi connectivity index (χ0v) is 77.1. The van der Waals surface area contributed by atoms with E-state index in [1.807, 2.05) is 13.8 Å². The minimum absolute atomic E-state index is 0.00298. The number of likely N-dealkylation sites (N-methyl/N-ethyl adjacent to an activating group) is 4. The SMILES string of the molecule is CCCC[C@H]1C(=O)N(C)[C@@H](CCCC)C(=O)N[C@@H](CCCNC(=N)N)C(=O)C[C@H](C(=O)NCC(N)=O)CSCC(=O)N[C@@H](Cc2ccccc2)C(=O)N(C)[C@@H](C)C(=O)N[C@@H](CC(N)=O)C(=O)N2CCC[C@H]2C(=O)N[C@@H](Cc2cnc[nH]2)C(=O)N[C@@H](CC(C)C)C(=O)N(C)CC(=O)C[C@@H](Cc2c[nH]c3ccccc23)C(=O)N[C@@H](CO)C(=O)N[C@@H](Cc2c[nH]c3ccccc23)C(=O)N1C. The molecule has 0 radical (unpaired) electrons. The van der Waals surface area contributed by atoms with Crippen LogP contribution in [0.5, 0.6) is 0 Å². The monoisotopic (exact) mass is 1850 g/mol. The number of aliphatic hydroxyl groups excluding tert-OH is 1. The Labute approximate surface area is 770 Å². The summed E-state index contributed by atoms with van der Waals surface area (Å²) >= 11 is 0.860. The molecule has 8 rings (SSSR count). The number of fused-ring (bicyclic) bond motifs is 3. The van der Waals surface area contributed by atoms with Gasteiger partial charge >= 0.3 is 0 Å². The molecule has 0 bridgehead atoms. The molecule has 20 N–H and O–H groups in total. The van der Waals surface area contributed by atoms with Gasteiger partial charge in [0, 0.05) is 131 Å². The van der Waals surface area contributed by atoms with E-state index in [2.05, 4.69) is 67.8 Å². The number of aromatic amines is 3. The third-order valence-electron chi connectivity index (χ3n) is 23.7. The van der Waals surface area contributed by atoms with Crippen molar-refractivity contribution < 1.29 is 86.6 Å². The van der Waals surface area contributed by atoms with Crippen molar-refractivity contribution in [2.24, 2.45) is 35.0 Å². The van der Waals surface area contributed by atoms with Gasteiger partial charge in [0.2, 0.25) is 88.6 Å². The van der Waals surface area contributed by atoms with Crippen molar-refractivity contribution in [2.75, 3.05) is 72.5 Å². The summed E-state index contributed by atoms with van der Waals surface area (Å²) < 4.78 is 0. The maximum absolute atomic E-state index is 15.7. The number of carbonyl (C=O) groups excluding carboxylic acids is 17. The molecule has 0 unspecified atom stereocenters. The average molecular weight is 1850 g/mol. The van der Waals surface area contributed by atoms with E-state index in [-0.39, 0.29) is 95.4 Å². The first-order chi connectivity index (χ1) is 62.9. The van der Waals surface area contributed by atoms with E-state index in [1.165, 1.54) is 57.4 Å². The van der Waals surface area contributed by atoms with Crippen LogP contribution in [-0.4, -0.2) is 295 Å². The molecule has 2 aliphatic heterocycles. The Morgan fingerprint density at radius 3 is 1.76 bits per heavy atom. The van der Waals surface area contributed by atoms with E-state index in [9.17, 15) is 57.8 Å². The Bertz CT molecular complexity index is 5050. The number of carbonyl (C=O) groups is 17. The number of unbranched alkanes of at least 4 members (excludes halogenated alkanes) is 2. The summed E-state index contributed by atoms with van der Waals surface area (Å²) in [5.41, 5.74) is 20.2. The van der Waals surface area contributed by atoms with Crippen LogP contribution in [0.25, 0.3) is 21.8 Å². The van der Waals surface area contributed by atoms with E-state index >= 15 is 28.8 Å². The van der Waals surface area contributed by atoms with Crippen molar-refractivity contribution in [3.05, 3.63) is 126 Å². The Kier molecular flexibility index (Phi) is 40.2. The minimum atomic E-state index is -1.81. The van der Waals surface area contributed by atoms with Crippen molar-refractivity contribution in [2.45, 2.75) is 217 Å². The van der Waals surface area contributed by atoms with Gasteiger partial charge < -0.3 is 110 Å². The maximum atomic E-state index is 15.7. The summed E-state index contributed by atoms with van der Waals surface area (Å²) in [6, 6.07) is 6.58. The number of aliphatic hydroxyl groups is 1. The second kappa shape index (κ2) is 50.9. The van der Waals surface area contributed by atoms with Crippen LogP contribution in [0, 0.1) is 23.2 Å². The van der Waals surface area contributed by atoms with Crippen molar-refractivity contribution in [1.82, 2.24) is 92.3 Å². The van der Waals surface area contributed by atoms with Crippen LogP contribution in [0.1, 0.15) is 147 Å². The van der Waals surface area contributed by atoms with E-state index in [0.717, 1.165) is 26.5 Å². The molecule has 2 saturated heterocycles. The Morgan fingerprint density at radius 2 is 1.14 bits per heavy atom. The summed E-state index contributed by atoms with van der Waals surface area (Å²) in [4.78, 5) is 268. The molecule has 41 heteroatoms. The lowest BCUT2D eigenvalue weighted by molar-refractivity contribution is -0.149. The van der Waals surface area contributed by atoms with Gasteiger partial charge in [0.1, 0.15) is 60.4 Å². The Morgan fingerprint density at radius 1 is 0.568 bits per heavy atom. The standard InChI is InChI=1S/C91H128N22O18S/c1-10-12-30-72-84(125)103-65(29-21-33-97-91(94)95)75(116)40-58(80(121)100-46-77(93)118)49-132-50-78(119)102-68(36-54-23-15-14-16-24-54)87(128)110(7)53(5)79(120)105-70(42-76(92)117)89(130)113-34-22-32-73(113)85(126)104-66(41-59-45-96-51-101-59)82(123)106-67(35-52(3)4)86(127)109(6)47-60(115)38-55(37-56-43-98-63-27-19-17-25-61(56)63)81(122)108-71(48-114)83(124)107-69(39-57-44-99-64-28-20-18-26-62(57)64)88(129)112(9)74(31-13-11-2)90(131)111(72)8/h14-20,23-28,43-45,51-53,55,58,65-74,98-99,114H,10-13,21-22,29-42,46-50H2,1-9H3,(H2,92,117)(H2,93,118)(H,96,101)(H,100,121)(H,102,119)(H,103,125)(H,104,126)(H,105,120)(H,106,123)(H,107,124)(H,108,122)(H4,94,95,97)/t53-,55+,58-,65-,66-,67-,68-,69-,70-,71-,72-,73-,74-/m0/s1. The molecule has 2 fully saturated rings. The number of amides is 15. The highest BCUT2D eigenvalue weighted by atomic mass is 32.2. The van der Waals surface area contributed by atoms with Gasteiger partial charge in [-0.3, -0.25) is 86.9 Å². The number of ketones is 2. The van der Waals surface area contributed by atoms with Crippen molar-refractivity contribution in [1.29, 1.82) is 5.41 Å². The number of nitrogens with two attached hydrogens (primary N) is 3.